The van der Waals surface area contributed by atoms with Crippen LogP contribution in [0.4, 0.5) is 0 Å². The Kier molecular flexibility index (Phi) is 91.3. The van der Waals surface area contributed by atoms with E-state index in [9.17, 15) is 0 Å². The zero-order chi connectivity index (χ0) is 2.71. The minimum Gasteiger partial charge on any atom is -0.348 e. The molecule has 0 aromatic rings. The molecule has 0 heterocycles. The molecule has 0 rings (SSSR count). The van der Waals surface area contributed by atoms with Crippen LogP contribution in [0.5, 0.6) is 0 Å². The summed E-state index contributed by atoms with van der Waals surface area (Å²) < 4.78 is 8.57. The van der Waals surface area contributed by atoms with Crippen LogP contribution in [0.3, 0.4) is 0 Å². The van der Waals surface area contributed by atoms with Crippen LogP contribution in [0, 0.1) is 0 Å². The Morgan fingerprint density at radius 1 is 1.60 bits per heavy atom. The Morgan fingerprint density at radius 2 is 1.60 bits per heavy atom. The van der Waals surface area contributed by atoms with E-state index in [2.05, 4.69) is 0 Å². The van der Waals surface area contributed by atoms with Gasteiger partial charge in [0, 0.05) is 0 Å². The molecule has 0 aliphatic rings. The van der Waals surface area contributed by atoms with Gasteiger partial charge in [0.05, 0.1) is 0 Å². The molecule has 0 saturated heterocycles. The quantitative estimate of drug-likeness (QED) is 0.449. The van der Waals surface area contributed by atoms with E-state index >= 15 is 0 Å². The average Bonchev–Trinajstić information content (AvgIpc) is 0.918. The molecule has 3 nitrogen and oxygen atoms in total. The van der Waals surface area contributed by atoms with E-state index in [4.69, 9.17) is 9.46 Å². The van der Waals surface area contributed by atoms with Crippen molar-refractivity contribution in [1.82, 2.24) is 6.15 Å². The summed E-state index contributed by atoms with van der Waals surface area (Å²) in [5.41, 5.74) is 0. The van der Waals surface area contributed by atoms with Crippen molar-refractivity contribution in [2.45, 2.75) is 0 Å². The molecule has 0 aromatic carbocycles. The van der Waals surface area contributed by atoms with Crippen molar-refractivity contribution in [3.63, 3.8) is 0 Å². The molecule has 0 fully saturated rings. The summed E-state index contributed by atoms with van der Waals surface area (Å²) in [6.45, 7) is 0. The van der Waals surface area contributed by atoms with Crippen LogP contribution >= 0.6 is 21.1 Å². The summed E-state index contributed by atoms with van der Waals surface area (Å²) in [4.78, 5) is 7.10. The fourth-order valence-corrected chi connectivity index (χ4v) is 0. The van der Waals surface area contributed by atoms with Gasteiger partial charge in [0.15, 0.2) is 8.69 Å². The van der Waals surface area contributed by atoms with E-state index in [1.165, 1.54) is 0 Å². The third-order valence-electron chi connectivity index (χ3n) is 0. The van der Waals surface area contributed by atoms with E-state index in [-0.39, 0.29) is 18.6 Å². The van der Waals surface area contributed by atoms with Gasteiger partial charge in [0.2, 0.25) is 0 Å². The SMILES string of the molecule is Cl.N.O=[PH2]O. The maximum absolute atomic E-state index is 8.57. The molecule has 0 aromatic heterocycles. The Morgan fingerprint density at radius 3 is 1.60 bits per heavy atom. The largest absolute Gasteiger partial charge is 0.348 e. The van der Waals surface area contributed by atoms with Gasteiger partial charge in [0.1, 0.15) is 0 Å². The van der Waals surface area contributed by atoms with Crippen molar-refractivity contribution in [2.75, 3.05) is 0 Å². The second kappa shape index (κ2) is 25.3. The van der Waals surface area contributed by atoms with Crippen LogP contribution in [-0.4, -0.2) is 4.89 Å². The molecule has 1 unspecified atom stereocenters. The van der Waals surface area contributed by atoms with Crippen molar-refractivity contribution < 1.29 is 9.46 Å². The number of hydrogen-bond donors (Lipinski definition) is 2. The van der Waals surface area contributed by atoms with Crippen molar-refractivity contribution in [3.05, 3.63) is 0 Å². The van der Waals surface area contributed by atoms with Crippen LogP contribution in [0.1, 0.15) is 0 Å². The summed E-state index contributed by atoms with van der Waals surface area (Å²) in [5.74, 6) is 0. The highest BCUT2D eigenvalue weighted by molar-refractivity contribution is 7.16. The van der Waals surface area contributed by atoms with Crippen LogP contribution < -0.4 is 6.15 Å². The van der Waals surface area contributed by atoms with Gasteiger partial charge in [-0.3, -0.25) is 4.57 Å². The van der Waals surface area contributed by atoms with E-state index in [0.717, 1.165) is 0 Å². The number of hydrogen-bond acceptors (Lipinski definition) is 2. The van der Waals surface area contributed by atoms with Crippen molar-refractivity contribution in [3.8, 4) is 0 Å². The molecule has 5 heavy (non-hydrogen) atoms. The number of rotatable bonds is 0. The summed E-state index contributed by atoms with van der Waals surface area (Å²) in [6.07, 6.45) is 0. The van der Waals surface area contributed by atoms with Gasteiger partial charge in [-0.25, -0.2) is 0 Å². The topological polar surface area (TPSA) is 72.3 Å². The van der Waals surface area contributed by atoms with Crippen LogP contribution in [0.15, 0.2) is 0 Å². The first-order valence-corrected chi connectivity index (χ1v) is 1.48. The van der Waals surface area contributed by atoms with Gasteiger partial charge in [-0.1, -0.05) is 0 Å². The highest BCUT2D eigenvalue weighted by Crippen LogP contribution is 1.66. The fourth-order valence-electron chi connectivity index (χ4n) is 0. The van der Waals surface area contributed by atoms with Gasteiger partial charge < -0.3 is 11.0 Å². The molecule has 36 valence electrons. The lowest BCUT2D eigenvalue weighted by Gasteiger charge is -1.33. The van der Waals surface area contributed by atoms with Crippen LogP contribution in [0.25, 0.3) is 0 Å². The van der Waals surface area contributed by atoms with Gasteiger partial charge in [-0.2, -0.15) is 0 Å². The standard InChI is InChI=1S/ClH.H3N.H3O2P/c;;1-3-2/h1H;1H3;3H2,(H,1,2). The molecule has 0 aliphatic heterocycles. The van der Waals surface area contributed by atoms with Crippen molar-refractivity contribution >= 4 is 21.1 Å². The molecule has 4 N–H and O–H groups in total. The first kappa shape index (κ1) is 18.0. The Hall–Kier alpha value is 0.440. The van der Waals surface area contributed by atoms with Gasteiger partial charge in [-0.15, -0.1) is 12.4 Å². The maximum atomic E-state index is 8.57. The van der Waals surface area contributed by atoms with Gasteiger partial charge in [0.25, 0.3) is 0 Å². The molecule has 5 heteroatoms. The highest BCUT2D eigenvalue weighted by atomic mass is 35.5. The Bertz CT molecular complexity index is 17.1. The summed E-state index contributed by atoms with van der Waals surface area (Å²) >= 11 is 0. The third kappa shape index (κ3) is 137. The van der Waals surface area contributed by atoms with Gasteiger partial charge in [-0.05, 0) is 0 Å². The lowest BCUT2D eigenvalue weighted by Crippen LogP contribution is -1.03. The predicted octanol–water partition coefficient (Wildman–Crippen LogP) is 0.234. The molecule has 0 bridgehead atoms. The van der Waals surface area contributed by atoms with E-state index in [1.54, 1.807) is 0 Å². The first-order valence-electron chi connectivity index (χ1n) is 0.494. The van der Waals surface area contributed by atoms with Crippen molar-refractivity contribution in [1.29, 1.82) is 0 Å². The first-order chi connectivity index (χ1) is 1.41. The predicted molar refractivity (Wildman–Crippen MR) is 24.9 cm³/mol. The summed E-state index contributed by atoms with van der Waals surface area (Å²) in [5, 5.41) is 0. The fraction of sp³-hybridized carbons (Fsp3) is 0. The highest BCUT2D eigenvalue weighted by Gasteiger charge is 1.17. The van der Waals surface area contributed by atoms with E-state index in [0.29, 0.717) is 0 Å². The molecule has 0 spiro atoms. The molecule has 1 atom stereocenters. The van der Waals surface area contributed by atoms with E-state index < -0.39 is 8.69 Å². The monoisotopic (exact) mass is 119 g/mol. The second-order valence-corrected chi connectivity index (χ2v) is 0.316. The third-order valence-corrected chi connectivity index (χ3v) is 0. The minimum atomic E-state index is -1.50. The molecular weight excluding hydrogens is 112 g/mol. The molecule has 0 saturated carbocycles. The molecule has 0 radical (unpaired) electrons. The molecule has 0 amide bonds. The smallest absolute Gasteiger partial charge is 0.177 e. The normalized spacial score (nSPS) is 5.80. The number of halogens is 1. The zero-order valence-corrected chi connectivity index (χ0v) is 4.52. The van der Waals surface area contributed by atoms with Crippen LogP contribution in [-0.2, 0) is 4.57 Å². The second-order valence-electron chi connectivity index (χ2n) is 0.105. The van der Waals surface area contributed by atoms with Gasteiger partial charge >= 0.3 is 0 Å². The molecule has 0 aliphatic carbocycles. The minimum absolute atomic E-state index is 0. The lowest BCUT2D eigenvalue weighted by molar-refractivity contribution is 0.524. The zero-order valence-electron chi connectivity index (χ0n) is 2.55. The average molecular weight is 119 g/mol. The Balaban J connectivity index is -0.0000000200. The summed E-state index contributed by atoms with van der Waals surface area (Å²) in [6, 6.07) is 0. The molecular formula is H7ClNO2P. The Labute approximate surface area is 37.7 Å². The lowest BCUT2D eigenvalue weighted by atomic mass is 14.0. The maximum Gasteiger partial charge on any atom is 0.177 e. The van der Waals surface area contributed by atoms with Crippen molar-refractivity contribution in [2.24, 2.45) is 0 Å². The summed E-state index contributed by atoms with van der Waals surface area (Å²) in [7, 11) is -1.50. The van der Waals surface area contributed by atoms with E-state index in [1.807, 2.05) is 0 Å². The van der Waals surface area contributed by atoms with Crippen LogP contribution in [0.2, 0.25) is 0 Å².